The number of likely N-dealkylation sites (tertiary alicyclic amines) is 1. The zero-order chi connectivity index (χ0) is 23.3. The highest BCUT2D eigenvalue weighted by molar-refractivity contribution is 5.86. The molecular weight excluding hydrogens is 423 g/mol. The van der Waals surface area contributed by atoms with Gasteiger partial charge >= 0.3 is 12.1 Å². The molecule has 2 heterocycles. The van der Waals surface area contributed by atoms with E-state index in [1.165, 1.54) is 10.8 Å². The molecule has 1 aliphatic rings. The molecule has 1 aliphatic heterocycles. The number of benzene rings is 2. The minimum Gasteiger partial charge on any atom is -0.475 e. The van der Waals surface area contributed by atoms with Crippen LogP contribution in [-0.4, -0.2) is 46.3 Å². The first-order chi connectivity index (χ1) is 15.1. The number of aromatic nitrogens is 1. The van der Waals surface area contributed by atoms with Gasteiger partial charge in [0.15, 0.2) is 0 Å². The summed E-state index contributed by atoms with van der Waals surface area (Å²) < 4.78 is 37.7. The molecule has 1 atom stereocenters. The van der Waals surface area contributed by atoms with E-state index in [-0.39, 0.29) is 0 Å². The number of carboxylic acid groups (broad SMARTS) is 1. The highest BCUT2D eigenvalue weighted by Gasteiger charge is 2.38. The van der Waals surface area contributed by atoms with E-state index in [4.69, 9.17) is 25.0 Å². The van der Waals surface area contributed by atoms with Crippen LogP contribution >= 0.6 is 0 Å². The molecule has 32 heavy (non-hydrogen) atoms. The van der Waals surface area contributed by atoms with Gasteiger partial charge in [-0.05, 0) is 55.6 Å². The Kier molecular flexibility index (Phi) is 7.52. The van der Waals surface area contributed by atoms with Gasteiger partial charge in [-0.2, -0.15) is 13.2 Å². The van der Waals surface area contributed by atoms with Crippen LogP contribution in [0.4, 0.5) is 13.2 Å². The first-order valence-corrected chi connectivity index (χ1v) is 10.4. The number of carboxylic acids is 1. The van der Waals surface area contributed by atoms with E-state index in [0.29, 0.717) is 11.9 Å². The summed E-state index contributed by atoms with van der Waals surface area (Å²) in [5.74, 6) is -1.13. The number of nitrogens with zero attached hydrogens (tertiary/aromatic N) is 2. The van der Waals surface area contributed by atoms with Crippen LogP contribution in [0.3, 0.4) is 0 Å². The minimum atomic E-state index is -5.08. The van der Waals surface area contributed by atoms with Crippen LogP contribution < -0.4 is 5.73 Å². The molecule has 4 rings (SSSR count). The van der Waals surface area contributed by atoms with E-state index in [0.717, 1.165) is 55.9 Å². The Morgan fingerprint density at radius 2 is 1.88 bits per heavy atom. The zero-order valence-electron chi connectivity index (χ0n) is 17.7. The molecule has 3 aromatic rings. The third-order valence-electron chi connectivity index (χ3n) is 5.37. The smallest absolute Gasteiger partial charge is 0.475 e. The number of nitrogens with two attached hydrogens (primary N) is 1. The van der Waals surface area contributed by atoms with Crippen LogP contribution in [-0.2, 0) is 11.3 Å². The molecule has 0 aliphatic carbocycles. The van der Waals surface area contributed by atoms with Gasteiger partial charge in [-0.3, -0.25) is 4.90 Å². The monoisotopic (exact) mass is 449 g/mol. The van der Waals surface area contributed by atoms with E-state index in [1.54, 1.807) is 0 Å². The van der Waals surface area contributed by atoms with Crippen LogP contribution in [0.2, 0.25) is 0 Å². The molecular formula is C23H26F3N3O3. The molecule has 1 saturated heterocycles. The van der Waals surface area contributed by atoms with Gasteiger partial charge in [0.2, 0.25) is 5.89 Å². The van der Waals surface area contributed by atoms with Gasteiger partial charge in [0.05, 0.1) is 5.69 Å². The number of halogens is 3. The lowest BCUT2D eigenvalue weighted by Gasteiger charge is -2.18. The lowest BCUT2D eigenvalue weighted by atomic mass is 10.1. The van der Waals surface area contributed by atoms with Crippen LogP contribution in [0.25, 0.3) is 22.2 Å². The fraction of sp³-hybridized carbons (Fsp3) is 0.391. The lowest BCUT2D eigenvalue weighted by Crippen LogP contribution is -2.26. The van der Waals surface area contributed by atoms with E-state index in [1.807, 2.05) is 6.92 Å². The topological polar surface area (TPSA) is 92.6 Å². The molecule has 1 fully saturated rings. The van der Waals surface area contributed by atoms with Gasteiger partial charge < -0.3 is 15.3 Å². The number of fused-ring (bicyclic) bond motifs is 1. The summed E-state index contributed by atoms with van der Waals surface area (Å²) in [4.78, 5) is 16.1. The maximum absolute atomic E-state index is 10.6. The molecule has 6 nitrogen and oxygen atoms in total. The maximum Gasteiger partial charge on any atom is 0.490 e. The average Bonchev–Trinajstić information content (AvgIpc) is 2.98. The Labute approximate surface area is 183 Å². The molecule has 1 unspecified atom stereocenters. The number of rotatable bonds is 3. The van der Waals surface area contributed by atoms with E-state index in [9.17, 15) is 13.2 Å². The number of aryl methyl sites for hydroxylation is 1. The molecule has 1 aromatic heterocycles. The minimum absolute atomic E-state index is 0.344. The fourth-order valence-corrected chi connectivity index (χ4v) is 3.57. The first kappa shape index (κ1) is 23.7. The summed E-state index contributed by atoms with van der Waals surface area (Å²) >= 11 is 0. The molecule has 0 amide bonds. The summed E-state index contributed by atoms with van der Waals surface area (Å²) in [7, 11) is 0. The van der Waals surface area contributed by atoms with Gasteiger partial charge in [0, 0.05) is 24.7 Å². The molecule has 3 N–H and O–H groups in total. The van der Waals surface area contributed by atoms with E-state index < -0.39 is 12.1 Å². The van der Waals surface area contributed by atoms with Gasteiger partial charge in [-0.25, -0.2) is 9.78 Å². The van der Waals surface area contributed by atoms with Gasteiger partial charge in [-0.15, -0.1) is 0 Å². The van der Waals surface area contributed by atoms with E-state index in [2.05, 4.69) is 47.4 Å². The average molecular weight is 449 g/mol. The SMILES string of the molecule is Cc1oc(-c2ccc3ccccc3c2)nc1CN1CCCC(N)CC1.O=C(O)C(F)(F)F. The van der Waals surface area contributed by atoms with Crippen molar-refractivity contribution in [1.29, 1.82) is 0 Å². The third-order valence-corrected chi connectivity index (χ3v) is 5.37. The van der Waals surface area contributed by atoms with Gasteiger partial charge in [0.25, 0.3) is 0 Å². The second kappa shape index (κ2) is 10.1. The largest absolute Gasteiger partial charge is 0.490 e. The normalized spacial score (nSPS) is 17.5. The molecule has 2 aromatic carbocycles. The zero-order valence-corrected chi connectivity index (χ0v) is 17.7. The Balaban J connectivity index is 0.000000360. The van der Waals surface area contributed by atoms with Crippen molar-refractivity contribution in [2.75, 3.05) is 13.1 Å². The highest BCUT2D eigenvalue weighted by Crippen LogP contribution is 2.26. The Morgan fingerprint density at radius 3 is 2.56 bits per heavy atom. The summed E-state index contributed by atoms with van der Waals surface area (Å²) in [5.41, 5.74) is 8.16. The van der Waals surface area contributed by atoms with Crippen LogP contribution in [0.5, 0.6) is 0 Å². The molecule has 0 bridgehead atoms. The second-order valence-electron chi connectivity index (χ2n) is 7.85. The Morgan fingerprint density at radius 1 is 1.19 bits per heavy atom. The van der Waals surface area contributed by atoms with Crippen molar-refractivity contribution in [3.63, 3.8) is 0 Å². The van der Waals surface area contributed by atoms with Crippen molar-refractivity contribution < 1.29 is 27.5 Å². The van der Waals surface area contributed by atoms with Gasteiger partial charge in [-0.1, -0.05) is 30.3 Å². The predicted octanol–water partition coefficient (Wildman–Crippen LogP) is 4.75. The standard InChI is InChI=1S/C21H25N3O.C2HF3O2/c1-15-20(14-24-11-4-7-19(22)10-12-24)23-21(25-15)18-9-8-16-5-2-3-6-17(16)13-18;3-2(4,5)1(6)7/h2-3,5-6,8-9,13,19H,4,7,10-12,14,22H2,1H3;(H,6,7). The Bertz CT molecular complexity index is 1070. The van der Waals surface area contributed by atoms with Crippen molar-refractivity contribution in [3.05, 3.63) is 53.9 Å². The van der Waals surface area contributed by atoms with Crippen molar-refractivity contribution in [1.82, 2.24) is 9.88 Å². The van der Waals surface area contributed by atoms with Gasteiger partial charge in [0.1, 0.15) is 5.76 Å². The van der Waals surface area contributed by atoms with E-state index >= 15 is 0 Å². The van der Waals surface area contributed by atoms with Crippen LogP contribution in [0.15, 0.2) is 46.9 Å². The Hall–Kier alpha value is -2.91. The molecule has 172 valence electrons. The lowest BCUT2D eigenvalue weighted by molar-refractivity contribution is -0.192. The summed E-state index contributed by atoms with van der Waals surface area (Å²) in [6.07, 6.45) is -1.74. The summed E-state index contributed by atoms with van der Waals surface area (Å²) in [6, 6.07) is 15.1. The predicted molar refractivity (Wildman–Crippen MR) is 115 cm³/mol. The molecule has 0 spiro atoms. The third kappa shape index (κ3) is 6.30. The van der Waals surface area contributed by atoms with Crippen molar-refractivity contribution in [3.8, 4) is 11.5 Å². The highest BCUT2D eigenvalue weighted by atomic mass is 19.4. The summed E-state index contributed by atoms with van der Waals surface area (Å²) in [5, 5.41) is 9.56. The first-order valence-electron chi connectivity index (χ1n) is 10.4. The quantitative estimate of drug-likeness (QED) is 0.600. The number of carbonyl (C=O) groups is 1. The molecule has 0 saturated carbocycles. The number of oxazole rings is 1. The second-order valence-corrected chi connectivity index (χ2v) is 7.85. The van der Waals surface area contributed by atoms with Crippen molar-refractivity contribution in [2.45, 2.75) is 44.9 Å². The number of hydrogen-bond acceptors (Lipinski definition) is 5. The maximum atomic E-state index is 10.6. The molecule has 9 heteroatoms. The van der Waals surface area contributed by atoms with Crippen molar-refractivity contribution in [2.24, 2.45) is 5.73 Å². The molecule has 0 radical (unpaired) electrons. The van der Waals surface area contributed by atoms with Crippen LogP contribution in [0, 0.1) is 6.92 Å². The van der Waals surface area contributed by atoms with Crippen molar-refractivity contribution >= 4 is 16.7 Å². The number of alkyl halides is 3. The van der Waals surface area contributed by atoms with Crippen LogP contribution in [0.1, 0.15) is 30.7 Å². The fourth-order valence-electron chi connectivity index (χ4n) is 3.57. The summed E-state index contributed by atoms with van der Waals surface area (Å²) in [6.45, 7) is 4.98. The number of hydrogen-bond donors (Lipinski definition) is 2. The number of aliphatic carboxylic acids is 1.